The van der Waals surface area contributed by atoms with E-state index in [-0.39, 0.29) is 6.17 Å². The lowest BCUT2D eigenvalue weighted by molar-refractivity contribution is 0.466. The predicted molar refractivity (Wildman–Crippen MR) is 98.3 cm³/mol. The van der Waals surface area contributed by atoms with Crippen LogP contribution in [0.25, 0.3) is 22.4 Å². The molecule has 0 amide bonds. The van der Waals surface area contributed by atoms with E-state index in [9.17, 15) is 0 Å². The number of nitrogens with two attached hydrogens (primary N) is 1. The zero-order valence-electron chi connectivity index (χ0n) is 14.2. The fourth-order valence-electron chi connectivity index (χ4n) is 3.71. The minimum Gasteiger partial charge on any atom is -0.346 e. The van der Waals surface area contributed by atoms with Gasteiger partial charge in [-0.05, 0) is 44.2 Å². The summed E-state index contributed by atoms with van der Waals surface area (Å²) >= 11 is 0. The fourth-order valence-corrected chi connectivity index (χ4v) is 3.71. The number of nitrogens with zero attached hydrogens (tertiary/aromatic N) is 4. The van der Waals surface area contributed by atoms with Crippen LogP contribution in [0.2, 0.25) is 0 Å². The average molecular weight is 334 g/mol. The van der Waals surface area contributed by atoms with E-state index in [1.807, 2.05) is 24.5 Å². The molecule has 3 N–H and O–H groups in total. The highest BCUT2D eigenvalue weighted by Crippen LogP contribution is 2.41. The van der Waals surface area contributed by atoms with Gasteiger partial charge in [-0.1, -0.05) is 0 Å². The quantitative estimate of drug-likeness (QED) is 0.768. The molecule has 25 heavy (non-hydrogen) atoms. The third-order valence-corrected chi connectivity index (χ3v) is 5.27. The highest BCUT2D eigenvalue weighted by Gasteiger charge is 2.29. The minimum atomic E-state index is 0.0493. The van der Waals surface area contributed by atoms with Gasteiger partial charge in [0.2, 0.25) is 0 Å². The summed E-state index contributed by atoms with van der Waals surface area (Å²) in [5.74, 6) is 2.33. The van der Waals surface area contributed by atoms with Crippen LogP contribution in [-0.4, -0.2) is 32.6 Å². The van der Waals surface area contributed by atoms with E-state index in [2.05, 4.69) is 20.9 Å². The molecule has 3 aromatic rings. The molecular weight excluding hydrogens is 312 g/mol. The average Bonchev–Trinajstić information content (AvgIpc) is 3.38. The number of nitrogens with one attached hydrogen (secondary N) is 1. The molecule has 1 aliphatic carbocycles. The predicted octanol–water partition coefficient (Wildman–Crippen LogP) is 3.17. The number of piperidine rings is 1. The van der Waals surface area contributed by atoms with E-state index < -0.39 is 0 Å². The van der Waals surface area contributed by atoms with Gasteiger partial charge >= 0.3 is 0 Å². The Kier molecular flexibility index (Phi) is 3.45. The summed E-state index contributed by atoms with van der Waals surface area (Å²) in [5.41, 5.74) is 9.42. The summed E-state index contributed by atoms with van der Waals surface area (Å²) in [7, 11) is 0. The van der Waals surface area contributed by atoms with Gasteiger partial charge in [0.1, 0.15) is 11.5 Å². The van der Waals surface area contributed by atoms with Crippen molar-refractivity contribution < 1.29 is 0 Å². The van der Waals surface area contributed by atoms with Crippen LogP contribution >= 0.6 is 0 Å². The SMILES string of the molecule is NC1CCCCN1c1cc(C2CC2)nc(-c2ccnc3[nH]ccc23)n1. The molecule has 1 saturated heterocycles. The number of aromatic amines is 1. The first kappa shape index (κ1) is 14.8. The van der Waals surface area contributed by atoms with Crippen LogP contribution in [0.15, 0.2) is 30.6 Å². The molecule has 2 aliphatic rings. The lowest BCUT2D eigenvalue weighted by Gasteiger charge is -2.34. The molecule has 5 rings (SSSR count). The molecule has 4 heterocycles. The van der Waals surface area contributed by atoms with Crippen molar-refractivity contribution in [3.05, 3.63) is 36.3 Å². The topological polar surface area (TPSA) is 83.7 Å². The molecule has 0 spiro atoms. The van der Waals surface area contributed by atoms with Gasteiger partial charge in [0.15, 0.2) is 5.82 Å². The number of hydrogen-bond acceptors (Lipinski definition) is 5. The van der Waals surface area contributed by atoms with E-state index in [4.69, 9.17) is 15.7 Å². The molecule has 1 aliphatic heterocycles. The Labute approximate surface area is 146 Å². The van der Waals surface area contributed by atoms with E-state index in [1.165, 1.54) is 25.7 Å². The Balaban J connectivity index is 1.65. The molecule has 1 saturated carbocycles. The smallest absolute Gasteiger partial charge is 0.162 e. The molecule has 0 radical (unpaired) electrons. The van der Waals surface area contributed by atoms with Crippen LogP contribution < -0.4 is 10.6 Å². The number of hydrogen-bond donors (Lipinski definition) is 2. The standard InChI is InChI=1S/C19H22N6/c20-16-3-1-2-10-25(16)17-11-15(12-4-5-12)23-19(24-17)14-7-9-22-18-13(14)6-8-21-18/h6-9,11-12,16H,1-5,10,20H2,(H,21,22). The van der Waals surface area contributed by atoms with Crippen molar-refractivity contribution >= 4 is 16.9 Å². The van der Waals surface area contributed by atoms with Crippen LogP contribution in [0, 0.1) is 0 Å². The number of aromatic nitrogens is 4. The molecule has 6 heteroatoms. The first-order valence-electron chi connectivity index (χ1n) is 9.13. The van der Waals surface area contributed by atoms with Crippen molar-refractivity contribution in [2.24, 2.45) is 5.73 Å². The molecule has 1 unspecified atom stereocenters. The van der Waals surface area contributed by atoms with E-state index in [0.717, 1.165) is 46.9 Å². The first-order chi connectivity index (χ1) is 12.3. The van der Waals surface area contributed by atoms with Gasteiger partial charge < -0.3 is 15.6 Å². The summed E-state index contributed by atoms with van der Waals surface area (Å²) in [4.78, 5) is 19.6. The van der Waals surface area contributed by atoms with E-state index in [1.54, 1.807) is 0 Å². The highest BCUT2D eigenvalue weighted by atomic mass is 15.3. The van der Waals surface area contributed by atoms with E-state index in [0.29, 0.717) is 5.92 Å². The van der Waals surface area contributed by atoms with Gasteiger partial charge in [-0.3, -0.25) is 0 Å². The summed E-state index contributed by atoms with van der Waals surface area (Å²) in [6, 6.07) is 6.20. The van der Waals surface area contributed by atoms with Crippen molar-refractivity contribution in [1.29, 1.82) is 0 Å². The Bertz CT molecular complexity index is 913. The Morgan fingerprint density at radius 2 is 2.04 bits per heavy atom. The summed E-state index contributed by atoms with van der Waals surface area (Å²) in [6.07, 6.45) is 9.60. The van der Waals surface area contributed by atoms with Gasteiger partial charge in [-0.2, -0.15) is 0 Å². The summed E-state index contributed by atoms with van der Waals surface area (Å²) in [5, 5.41) is 1.06. The highest BCUT2D eigenvalue weighted by molar-refractivity contribution is 5.91. The van der Waals surface area contributed by atoms with Crippen LogP contribution in [-0.2, 0) is 0 Å². The second-order valence-electron chi connectivity index (χ2n) is 7.10. The molecule has 3 aromatic heterocycles. The van der Waals surface area contributed by atoms with Gasteiger partial charge in [-0.25, -0.2) is 15.0 Å². The molecule has 0 bridgehead atoms. The first-order valence-corrected chi connectivity index (χ1v) is 9.13. The van der Waals surface area contributed by atoms with Crippen LogP contribution in [0.5, 0.6) is 0 Å². The maximum atomic E-state index is 6.37. The maximum absolute atomic E-state index is 6.37. The van der Waals surface area contributed by atoms with Gasteiger partial charge in [-0.15, -0.1) is 0 Å². The number of H-pyrrole nitrogens is 1. The third kappa shape index (κ3) is 2.66. The molecule has 0 aromatic carbocycles. The number of anilines is 1. The Morgan fingerprint density at radius 1 is 1.12 bits per heavy atom. The molecule has 6 nitrogen and oxygen atoms in total. The summed E-state index contributed by atoms with van der Waals surface area (Å²) in [6.45, 7) is 0.970. The van der Waals surface area contributed by atoms with Gasteiger partial charge in [0, 0.05) is 47.6 Å². The third-order valence-electron chi connectivity index (χ3n) is 5.27. The zero-order valence-corrected chi connectivity index (χ0v) is 14.2. The Hall–Kier alpha value is -2.47. The van der Waals surface area contributed by atoms with Crippen LogP contribution in [0.4, 0.5) is 5.82 Å². The van der Waals surface area contributed by atoms with Crippen molar-refractivity contribution in [1.82, 2.24) is 19.9 Å². The van der Waals surface area contributed by atoms with Crippen molar-refractivity contribution in [3.8, 4) is 11.4 Å². The Morgan fingerprint density at radius 3 is 2.88 bits per heavy atom. The van der Waals surface area contributed by atoms with Crippen molar-refractivity contribution in [2.75, 3.05) is 11.4 Å². The monoisotopic (exact) mass is 334 g/mol. The van der Waals surface area contributed by atoms with Crippen LogP contribution in [0.3, 0.4) is 0 Å². The lowest BCUT2D eigenvalue weighted by atomic mass is 10.1. The molecule has 1 atom stereocenters. The molecule has 2 fully saturated rings. The largest absolute Gasteiger partial charge is 0.346 e. The van der Waals surface area contributed by atoms with Crippen molar-refractivity contribution in [2.45, 2.75) is 44.2 Å². The molecular formula is C19H22N6. The lowest BCUT2D eigenvalue weighted by Crippen LogP contribution is -2.46. The van der Waals surface area contributed by atoms with Crippen molar-refractivity contribution in [3.63, 3.8) is 0 Å². The summed E-state index contributed by atoms with van der Waals surface area (Å²) < 4.78 is 0. The fraction of sp³-hybridized carbons (Fsp3) is 0.421. The van der Waals surface area contributed by atoms with Gasteiger partial charge in [0.05, 0.1) is 6.17 Å². The zero-order chi connectivity index (χ0) is 16.8. The number of rotatable bonds is 3. The van der Waals surface area contributed by atoms with E-state index >= 15 is 0 Å². The second-order valence-corrected chi connectivity index (χ2v) is 7.10. The minimum absolute atomic E-state index is 0.0493. The molecule has 128 valence electrons. The second kappa shape index (κ2) is 5.81. The maximum Gasteiger partial charge on any atom is 0.162 e. The van der Waals surface area contributed by atoms with Crippen LogP contribution in [0.1, 0.15) is 43.7 Å². The van der Waals surface area contributed by atoms with Gasteiger partial charge in [0.25, 0.3) is 0 Å². The normalized spacial score (nSPS) is 21.0. The number of fused-ring (bicyclic) bond motifs is 1. The number of pyridine rings is 1.